The van der Waals surface area contributed by atoms with Gasteiger partial charge in [0, 0.05) is 5.54 Å². The van der Waals surface area contributed by atoms with E-state index < -0.39 is 0 Å². The van der Waals surface area contributed by atoms with E-state index in [9.17, 15) is 4.79 Å². The van der Waals surface area contributed by atoms with Crippen molar-refractivity contribution >= 4 is 11.7 Å². The first-order chi connectivity index (χ1) is 8.09. The molecule has 0 saturated carbocycles. The van der Waals surface area contributed by atoms with Crippen LogP contribution in [0.25, 0.3) is 0 Å². The molecule has 1 aromatic heterocycles. The molecule has 5 heteroatoms. The van der Waals surface area contributed by atoms with Gasteiger partial charge in [0.15, 0.2) is 0 Å². The van der Waals surface area contributed by atoms with Crippen LogP contribution in [0.3, 0.4) is 0 Å². The van der Waals surface area contributed by atoms with Crippen LogP contribution >= 0.6 is 0 Å². The summed E-state index contributed by atoms with van der Waals surface area (Å²) in [5.41, 5.74) is 5.56. The van der Waals surface area contributed by atoms with Crippen molar-refractivity contribution in [2.45, 2.75) is 46.6 Å². The third kappa shape index (κ3) is 4.69. The average Bonchev–Trinajstić information content (AvgIpc) is 2.13. The van der Waals surface area contributed by atoms with E-state index in [0.717, 1.165) is 6.42 Å². The minimum atomic E-state index is -0.293. The van der Waals surface area contributed by atoms with E-state index in [1.165, 1.54) is 12.4 Å². The molecule has 0 bridgehead atoms. The topological polar surface area (TPSA) is 80.9 Å². The highest BCUT2D eigenvalue weighted by Gasteiger charge is 2.27. The molecular weight excluding hydrogens is 228 g/mol. The Labute approximate surface area is 108 Å². The molecule has 1 amide bonds. The quantitative estimate of drug-likeness (QED) is 0.859. The maximum Gasteiger partial charge on any atom is 0.271 e. The molecule has 3 N–H and O–H groups in total. The molecule has 0 aromatic carbocycles. The van der Waals surface area contributed by atoms with Crippen molar-refractivity contribution < 1.29 is 4.79 Å². The second-order valence-electron chi connectivity index (χ2n) is 6.40. The molecule has 0 fully saturated rings. The Bertz CT molecular complexity index is 418. The average molecular weight is 250 g/mol. The van der Waals surface area contributed by atoms with E-state index in [2.05, 4.69) is 36.1 Å². The van der Waals surface area contributed by atoms with Crippen LogP contribution in [0, 0.1) is 5.41 Å². The maximum atomic E-state index is 12.0. The van der Waals surface area contributed by atoms with Crippen LogP contribution in [0.1, 0.15) is 51.5 Å². The number of carbonyl (C=O) groups is 1. The summed E-state index contributed by atoms with van der Waals surface area (Å²) in [7, 11) is 0. The third-order valence-electron chi connectivity index (χ3n) is 2.33. The van der Waals surface area contributed by atoms with Crippen molar-refractivity contribution in [1.29, 1.82) is 0 Å². The number of amides is 1. The zero-order chi connectivity index (χ0) is 14.0. The van der Waals surface area contributed by atoms with Gasteiger partial charge in [-0.15, -0.1) is 0 Å². The molecular formula is C13H22N4O. The summed E-state index contributed by atoms with van der Waals surface area (Å²) in [5, 5.41) is 2.97. The van der Waals surface area contributed by atoms with Gasteiger partial charge in [-0.2, -0.15) is 0 Å². The lowest BCUT2D eigenvalue weighted by Gasteiger charge is -2.33. The van der Waals surface area contributed by atoms with Crippen LogP contribution in [-0.2, 0) is 0 Å². The lowest BCUT2D eigenvalue weighted by atomic mass is 9.82. The first kappa shape index (κ1) is 14.4. The highest BCUT2D eigenvalue weighted by atomic mass is 16.2. The molecule has 1 aromatic rings. The molecule has 0 aliphatic rings. The van der Waals surface area contributed by atoms with Crippen molar-refractivity contribution in [2.24, 2.45) is 5.41 Å². The first-order valence-electron chi connectivity index (χ1n) is 5.99. The number of rotatable bonds is 3. The number of anilines is 1. The summed E-state index contributed by atoms with van der Waals surface area (Å²) in [6.45, 7) is 10.4. The molecule has 1 rings (SSSR count). The van der Waals surface area contributed by atoms with E-state index in [-0.39, 0.29) is 22.6 Å². The van der Waals surface area contributed by atoms with Gasteiger partial charge in [-0.1, -0.05) is 20.8 Å². The molecule has 5 nitrogen and oxygen atoms in total. The van der Waals surface area contributed by atoms with Gasteiger partial charge in [0.2, 0.25) is 0 Å². The second-order valence-corrected chi connectivity index (χ2v) is 6.40. The minimum Gasteiger partial charge on any atom is -0.382 e. The number of carbonyl (C=O) groups excluding carboxylic acids is 1. The van der Waals surface area contributed by atoms with Gasteiger partial charge < -0.3 is 11.1 Å². The van der Waals surface area contributed by atoms with Crippen LogP contribution in [0.15, 0.2) is 12.4 Å². The van der Waals surface area contributed by atoms with Gasteiger partial charge in [-0.25, -0.2) is 9.97 Å². The zero-order valence-corrected chi connectivity index (χ0v) is 11.7. The Balaban J connectivity index is 2.72. The third-order valence-corrected chi connectivity index (χ3v) is 2.33. The van der Waals surface area contributed by atoms with Crippen molar-refractivity contribution in [1.82, 2.24) is 15.3 Å². The number of nitrogens with two attached hydrogens (primary N) is 1. The van der Waals surface area contributed by atoms with Crippen LogP contribution in [0.5, 0.6) is 0 Å². The lowest BCUT2D eigenvalue weighted by Crippen LogP contribution is -2.46. The van der Waals surface area contributed by atoms with Crippen LogP contribution in [-0.4, -0.2) is 21.4 Å². The van der Waals surface area contributed by atoms with E-state index in [4.69, 9.17) is 5.73 Å². The Morgan fingerprint density at radius 2 is 1.83 bits per heavy atom. The molecule has 18 heavy (non-hydrogen) atoms. The molecule has 0 aliphatic carbocycles. The molecule has 0 aliphatic heterocycles. The molecule has 0 saturated heterocycles. The first-order valence-corrected chi connectivity index (χ1v) is 5.99. The zero-order valence-electron chi connectivity index (χ0n) is 11.7. The number of hydrogen-bond acceptors (Lipinski definition) is 4. The van der Waals surface area contributed by atoms with Crippen molar-refractivity contribution in [3.8, 4) is 0 Å². The Morgan fingerprint density at radius 1 is 1.22 bits per heavy atom. The van der Waals surface area contributed by atoms with E-state index >= 15 is 0 Å². The normalized spacial score (nSPS) is 12.3. The SMILES string of the molecule is CC(C)(C)CC(C)(C)NC(=O)c1cnc(N)cn1. The predicted octanol–water partition coefficient (Wildman–Crippen LogP) is 2.00. The summed E-state index contributed by atoms with van der Waals surface area (Å²) in [4.78, 5) is 19.8. The monoisotopic (exact) mass is 250 g/mol. The molecule has 0 radical (unpaired) electrons. The predicted molar refractivity (Wildman–Crippen MR) is 72.1 cm³/mol. The van der Waals surface area contributed by atoms with Gasteiger partial charge in [-0.3, -0.25) is 4.79 Å². The molecule has 0 spiro atoms. The summed E-state index contributed by atoms with van der Waals surface area (Å²) < 4.78 is 0. The minimum absolute atomic E-state index is 0.142. The molecule has 1 heterocycles. The van der Waals surface area contributed by atoms with E-state index in [1.807, 2.05) is 13.8 Å². The van der Waals surface area contributed by atoms with Crippen LogP contribution in [0.2, 0.25) is 0 Å². The highest BCUT2D eigenvalue weighted by molar-refractivity contribution is 5.92. The fourth-order valence-electron chi connectivity index (χ4n) is 2.20. The summed E-state index contributed by atoms with van der Waals surface area (Å²) in [6.07, 6.45) is 3.64. The summed E-state index contributed by atoms with van der Waals surface area (Å²) in [5.74, 6) is 0.0808. The highest BCUT2D eigenvalue weighted by Crippen LogP contribution is 2.26. The molecule has 0 unspecified atom stereocenters. The van der Waals surface area contributed by atoms with Gasteiger partial charge in [0.25, 0.3) is 5.91 Å². The van der Waals surface area contributed by atoms with E-state index in [1.54, 1.807) is 0 Å². The van der Waals surface area contributed by atoms with Gasteiger partial charge >= 0.3 is 0 Å². The number of hydrogen-bond donors (Lipinski definition) is 2. The molecule has 0 atom stereocenters. The number of nitrogens with zero attached hydrogens (tertiary/aromatic N) is 2. The summed E-state index contributed by atoms with van der Waals surface area (Å²) >= 11 is 0. The van der Waals surface area contributed by atoms with Crippen LogP contribution in [0.4, 0.5) is 5.82 Å². The standard InChI is InChI=1S/C13H22N4O/c1-12(2,3)8-13(4,5)17-11(18)9-6-16-10(14)7-15-9/h6-7H,8H2,1-5H3,(H2,14,16)(H,17,18). The van der Waals surface area contributed by atoms with Crippen LogP contribution < -0.4 is 11.1 Å². The Morgan fingerprint density at radius 3 is 2.28 bits per heavy atom. The Kier molecular flexibility index (Phi) is 3.94. The fraction of sp³-hybridized carbons (Fsp3) is 0.615. The van der Waals surface area contributed by atoms with Crippen molar-refractivity contribution in [3.05, 3.63) is 18.1 Å². The number of nitrogen functional groups attached to an aromatic ring is 1. The van der Waals surface area contributed by atoms with Gasteiger partial charge in [0.1, 0.15) is 11.5 Å². The smallest absolute Gasteiger partial charge is 0.271 e. The van der Waals surface area contributed by atoms with Crippen molar-refractivity contribution in [3.63, 3.8) is 0 Å². The van der Waals surface area contributed by atoms with Crippen molar-refractivity contribution in [2.75, 3.05) is 5.73 Å². The van der Waals surface area contributed by atoms with Gasteiger partial charge in [0.05, 0.1) is 12.4 Å². The lowest BCUT2D eigenvalue weighted by molar-refractivity contribution is 0.0886. The molecule has 100 valence electrons. The fourth-order valence-corrected chi connectivity index (χ4v) is 2.20. The number of nitrogens with one attached hydrogen (secondary N) is 1. The Hall–Kier alpha value is -1.65. The summed E-state index contributed by atoms with van der Waals surface area (Å²) in [6, 6.07) is 0. The van der Waals surface area contributed by atoms with Gasteiger partial charge in [-0.05, 0) is 25.7 Å². The largest absolute Gasteiger partial charge is 0.382 e. The second kappa shape index (κ2) is 4.92. The van der Waals surface area contributed by atoms with E-state index in [0.29, 0.717) is 5.82 Å². The number of aromatic nitrogens is 2. The maximum absolute atomic E-state index is 12.0.